The SMILES string of the molecule is CC(C)(C)OC(=O)N1C2C=C(c3ccc4c(c3)Cc3ccccc3-4)CC1COC2. The zero-order chi connectivity index (χ0) is 20.2. The maximum atomic E-state index is 12.8. The summed E-state index contributed by atoms with van der Waals surface area (Å²) in [5.41, 5.74) is 7.57. The molecule has 5 rings (SSSR count). The Balaban J connectivity index is 1.43. The molecule has 2 aromatic rings. The van der Waals surface area contributed by atoms with E-state index in [1.165, 1.54) is 33.4 Å². The molecule has 2 heterocycles. The zero-order valence-corrected chi connectivity index (χ0v) is 17.3. The molecule has 2 unspecified atom stereocenters. The van der Waals surface area contributed by atoms with Gasteiger partial charge in [0.05, 0.1) is 25.3 Å². The summed E-state index contributed by atoms with van der Waals surface area (Å²) in [6.45, 7) is 6.81. The smallest absolute Gasteiger partial charge is 0.411 e. The molecule has 0 saturated carbocycles. The Labute approximate surface area is 172 Å². The fourth-order valence-corrected chi connectivity index (χ4v) is 4.75. The van der Waals surface area contributed by atoms with Gasteiger partial charge >= 0.3 is 6.09 Å². The number of amides is 1. The predicted octanol–water partition coefficient (Wildman–Crippen LogP) is 5.05. The van der Waals surface area contributed by atoms with Crippen molar-refractivity contribution in [3.8, 4) is 11.1 Å². The van der Waals surface area contributed by atoms with E-state index in [4.69, 9.17) is 9.47 Å². The number of morpholine rings is 1. The van der Waals surface area contributed by atoms with Crippen molar-refractivity contribution >= 4 is 11.7 Å². The highest BCUT2D eigenvalue weighted by Crippen LogP contribution is 2.40. The zero-order valence-electron chi connectivity index (χ0n) is 17.3. The fraction of sp³-hybridized carbons (Fsp3) is 0.400. The minimum absolute atomic E-state index is 0.0223. The van der Waals surface area contributed by atoms with Crippen LogP contribution in [0.25, 0.3) is 16.7 Å². The van der Waals surface area contributed by atoms with Crippen molar-refractivity contribution in [1.29, 1.82) is 0 Å². The first kappa shape index (κ1) is 18.4. The Hall–Kier alpha value is -2.59. The molecule has 29 heavy (non-hydrogen) atoms. The van der Waals surface area contributed by atoms with Crippen LogP contribution in [-0.2, 0) is 15.9 Å². The largest absolute Gasteiger partial charge is 0.444 e. The van der Waals surface area contributed by atoms with E-state index in [-0.39, 0.29) is 18.2 Å². The monoisotopic (exact) mass is 389 g/mol. The number of hydrogen-bond donors (Lipinski definition) is 0. The van der Waals surface area contributed by atoms with Crippen LogP contribution in [0.15, 0.2) is 48.5 Å². The number of benzene rings is 2. The Morgan fingerprint density at radius 3 is 2.66 bits per heavy atom. The highest BCUT2D eigenvalue weighted by molar-refractivity contribution is 5.81. The Morgan fingerprint density at radius 1 is 1.07 bits per heavy atom. The van der Waals surface area contributed by atoms with Crippen LogP contribution in [0.4, 0.5) is 4.79 Å². The third-order valence-corrected chi connectivity index (χ3v) is 5.97. The molecule has 2 aliphatic heterocycles. The normalized spacial score (nSPS) is 22.6. The molecular weight excluding hydrogens is 362 g/mol. The summed E-state index contributed by atoms with van der Waals surface area (Å²) in [6, 6.07) is 15.4. The molecule has 2 atom stereocenters. The van der Waals surface area contributed by atoms with Gasteiger partial charge in [0, 0.05) is 0 Å². The molecule has 4 heteroatoms. The van der Waals surface area contributed by atoms with E-state index in [2.05, 4.69) is 48.5 Å². The first-order chi connectivity index (χ1) is 13.9. The highest BCUT2D eigenvalue weighted by Gasteiger charge is 2.40. The van der Waals surface area contributed by atoms with E-state index in [0.29, 0.717) is 13.2 Å². The second kappa shape index (κ2) is 6.74. The van der Waals surface area contributed by atoms with Gasteiger partial charge in [-0.25, -0.2) is 4.79 Å². The lowest BCUT2D eigenvalue weighted by Crippen LogP contribution is -2.57. The molecule has 3 aliphatic rings. The van der Waals surface area contributed by atoms with E-state index < -0.39 is 5.60 Å². The van der Waals surface area contributed by atoms with Crippen LogP contribution in [0.1, 0.15) is 43.9 Å². The average Bonchev–Trinajstić information content (AvgIpc) is 3.03. The van der Waals surface area contributed by atoms with E-state index >= 15 is 0 Å². The molecule has 4 nitrogen and oxygen atoms in total. The van der Waals surface area contributed by atoms with Crippen molar-refractivity contribution in [2.45, 2.75) is 51.3 Å². The number of rotatable bonds is 1. The van der Waals surface area contributed by atoms with Gasteiger partial charge in [0.1, 0.15) is 5.60 Å². The third-order valence-electron chi connectivity index (χ3n) is 5.97. The molecule has 1 fully saturated rings. The summed E-state index contributed by atoms with van der Waals surface area (Å²) in [5.74, 6) is 0. The van der Waals surface area contributed by atoms with Gasteiger partial charge in [0.2, 0.25) is 0 Å². The van der Waals surface area contributed by atoms with Gasteiger partial charge in [0.25, 0.3) is 0 Å². The molecule has 1 amide bonds. The second-order valence-electron chi connectivity index (χ2n) is 9.25. The summed E-state index contributed by atoms with van der Waals surface area (Å²) >= 11 is 0. The van der Waals surface area contributed by atoms with Gasteiger partial charge in [-0.3, -0.25) is 4.90 Å². The molecule has 0 N–H and O–H groups in total. The number of carbonyl (C=O) groups is 1. The second-order valence-corrected chi connectivity index (χ2v) is 9.25. The lowest BCUT2D eigenvalue weighted by atomic mass is 9.88. The van der Waals surface area contributed by atoms with Crippen molar-refractivity contribution in [1.82, 2.24) is 4.90 Å². The van der Waals surface area contributed by atoms with Gasteiger partial charge in [-0.05, 0) is 67.0 Å². The molecule has 2 bridgehead atoms. The van der Waals surface area contributed by atoms with Crippen molar-refractivity contribution in [3.63, 3.8) is 0 Å². The predicted molar refractivity (Wildman–Crippen MR) is 114 cm³/mol. The molecular formula is C25H27NO3. The minimum Gasteiger partial charge on any atom is -0.444 e. The number of nitrogens with zero attached hydrogens (tertiary/aromatic N) is 1. The van der Waals surface area contributed by atoms with Gasteiger partial charge in [-0.2, -0.15) is 0 Å². The fourth-order valence-electron chi connectivity index (χ4n) is 4.75. The lowest BCUT2D eigenvalue weighted by molar-refractivity contribution is -0.0510. The molecule has 0 radical (unpaired) electrons. The molecule has 0 spiro atoms. The molecule has 1 aliphatic carbocycles. The van der Waals surface area contributed by atoms with E-state index in [1.54, 1.807) is 0 Å². The summed E-state index contributed by atoms with van der Waals surface area (Å²) < 4.78 is 11.4. The number of hydrogen-bond acceptors (Lipinski definition) is 3. The Morgan fingerprint density at radius 2 is 1.86 bits per heavy atom. The van der Waals surface area contributed by atoms with Gasteiger partial charge in [-0.15, -0.1) is 0 Å². The highest BCUT2D eigenvalue weighted by atomic mass is 16.6. The topological polar surface area (TPSA) is 38.8 Å². The first-order valence-electron chi connectivity index (χ1n) is 10.4. The van der Waals surface area contributed by atoms with Crippen LogP contribution >= 0.6 is 0 Å². The van der Waals surface area contributed by atoms with Crippen molar-refractivity contribution in [3.05, 3.63) is 65.2 Å². The third kappa shape index (κ3) is 3.36. The molecule has 0 aromatic heterocycles. The minimum atomic E-state index is -0.495. The number of ether oxygens (including phenoxy) is 2. The van der Waals surface area contributed by atoms with Crippen LogP contribution in [-0.4, -0.2) is 41.9 Å². The Bertz CT molecular complexity index is 1000. The quantitative estimate of drug-likeness (QED) is 0.585. The molecule has 2 aromatic carbocycles. The molecule has 1 saturated heterocycles. The van der Waals surface area contributed by atoms with E-state index in [0.717, 1.165) is 12.8 Å². The van der Waals surface area contributed by atoms with Gasteiger partial charge in [-0.1, -0.05) is 48.5 Å². The molecule has 150 valence electrons. The number of carbonyl (C=O) groups excluding carboxylic acids is 1. The summed E-state index contributed by atoms with van der Waals surface area (Å²) in [6.07, 6.45) is 3.74. The number of fused-ring (bicyclic) bond motifs is 5. The standard InChI is InChI=1S/C25H27NO3/c1-25(2,3)29-24(27)26-20-12-18(13-21(26)15-28-14-20)16-8-9-23-19(10-16)11-17-6-4-5-7-22(17)23/h4-10,12,20-21H,11,13-15H2,1-3H3. The van der Waals surface area contributed by atoms with Crippen LogP contribution in [0.3, 0.4) is 0 Å². The lowest BCUT2D eigenvalue weighted by Gasteiger charge is -2.44. The maximum absolute atomic E-state index is 12.8. The van der Waals surface area contributed by atoms with Crippen LogP contribution in [0.2, 0.25) is 0 Å². The van der Waals surface area contributed by atoms with E-state index in [9.17, 15) is 4.79 Å². The van der Waals surface area contributed by atoms with E-state index in [1.807, 2.05) is 25.7 Å². The summed E-state index contributed by atoms with van der Waals surface area (Å²) in [5, 5.41) is 0. The van der Waals surface area contributed by atoms with Crippen LogP contribution in [0, 0.1) is 0 Å². The van der Waals surface area contributed by atoms with Crippen molar-refractivity contribution in [2.24, 2.45) is 0 Å². The summed E-state index contributed by atoms with van der Waals surface area (Å²) in [4.78, 5) is 14.6. The maximum Gasteiger partial charge on any atom is 0.411 e. The van der Waals surface area contributed by atoms with Crippen LogP contribution < -0.4 is 0 Å². The summed E-state index contributed by atoms with van der Waals surface area (Å²) in [7, 11) is 0. The van der Waals surface area contributed by atoms with Crippen molar-refractivity contribution in [2.75, 3.05) is 13.2 Å². The van der Waals surface area contributed by atoms with Crippen molar-refractivity contribution < 1.29 is 14.3 Å². The first-order valence-corrected chi connectivity index (χ1v) is 10.4. The van der Waals surface area contributed by atoms with Gasteiger partial charge < -0.3 is 9.47 Å². The Kier molecular flexibility index (Phi) is 4.28. The average molecular weight is 389 g/mol. The van der Waals surface area contributed by atoms with Crippen LogP contribution in [0.5, 0.6) is 0 Å². The van der Waals surface area contributed by atoms with Gasteiger partial charge in [0.15, 0.2) is 0 Å².